The minimum atomic E-state index is -0.988. The zero-order chi connectivity index (χ0) is 14.8. The Morgan fingerprint density at radius 2 is 1.95 bits per heavy atom. The van der Waals surface area contributed by atoms with Crippen molar-refractivity contribution in [3.63, 3.8) is 0 Å². The molecule has 7 heteroatoms. The Balaban J connectivity index is 1.78. The van der Waals surface area contributed by atoms with Gasteiger partial charge in [0.1, 0.15) is 5.56 Å². The monoisotopic (exact) mass is 323 g/mol. The number of thiazole rings is 1. The first-order valence-electron chi connectivity index (χ1n) is 6.58. The summed E-state index contributed by atoms with van der Waals surface area (Å²) in [7, 11) is 0. The predicted molar refractivity (Wildman–Crippen MR) is 85.0 cm³/mol. The van der Waals surface area contributed by atoms with E-state index in [-0.39, 0.29) is 10.6 Å². The fourth-order valence-electron chi connectivity index (χ4n) is 2.50. The maximum absolute atomic E-state index is 11.4. The Morgan fingerprint density at radius 3 is 2.57 bits per heavy atom. The van der Waals surface area contributed by atoms with Crippen LogP contribution in [0.5, 0.6) is 0 Å². The van der Waals surface area contributed by atoms with Gasteiger partial charge < -0.3 is 14.9 Å². The number of anilines is 2. The quantitative estimate of drug-likeness (QED) is 0.941. The number of halogens is 1. The molecule has 1 aliphatic heterocycles. The first kappa shape index (κ1) is 14.2. The van der Waals surface area contributed by atoms with Crippen molar-refractivity contribution >= 4 is 39.7 Å². The third-order valence-corrected chi connectivity index (χ3v) is 4.66. The molecule has 1 fully saturated rings. The van der Waals surface area contributed by atoms with Gasteiger partial charge in [-0.3, -0.25) is 0 Å². The number of hydrogen-bond acceptors (Lipinski definition) is 5. The normalized spacial score (nSPS) is 15.3. The first-order chi connectivity index (χ1) is 10.2. The third kappa shape index (κ3) is 2.82. The molecule has 1 aromatic carbocycles. The number of hydrogen-bond donors (Lipinski definition) is 1. The highest BCUT2D eigenvalue weighted by Gasteiger charge is 2.23. The number of carbonyl (C=O) groups is 1. The average molecular weight is 324 g/mol. The Hall–Kier alpha value is -1.79. The highest BCUT2D eigenvalue weighted by atomic mass is 35.5. The van der Waals surface area contributed by atoms with Gasteiger partial charge in [0.25, 0.3) is 0 Å². The van der Waals surface area contributed by atoms with E-state index in [1.807, 2.05) is 11.4 Å². The van der Waals surface area contributed by atoms with Gasteiger partial charge in [-0.1, -0.05) is 17.7 Å². The molecule has 0 saturated carbocycles. The van der Waals surface area contributed by atoms with Crippen LogP contribution in [0.4, 0.5) is 10.8 Å². The Morgan fingerprint density at radius 1 is 1.24 bits per heavy atom. The SMILES string of the molecule is O=C(O)c1c(Cl)cccc1N1CCN(c2nccs2)CC1. The minimum absolute atomic E-state index is 0.182. The maximum atomic E-state index is 11.4. The van der Waals surface area contributed by atoms with E-state index in [1.54, 1.807) is 29.7 Å². The van der Waals surface area contributed by atoms with Gasteiger partial charge in [0.15, 0.2) is 5.13 Å². The summed E-state index contributed by atoms with van der Waals surface area (Å²) in [6.45, 7) is 3.14. The molecule has 1 saturated heterocycles. The lowest BCUT2D eigenvalue weighted by atomic mass is 10.1. The fourth-order valence-corrected chi connectivity index (χ4v) is 3.45. The second-order valence-corrected chi connectivity index (χ2v) is 6.01. The number of benzene rings is 1. The summed E-state index contributed by atoms with van der Waals surface area (Å²) in [6, 6.07) is 5.21. The molecule has 5 nitrogen and oxygen atoms in total. The van der Waals surface area contributed by atoms with Gasteiger partial charge in [-0.2, -0.15) is 0 Å². The molecule has 0 aliphatic carbocycles. The molecule has 0 atom stereocenters. The van der Waals surface area contributed by atoms with Crippen molar-refractivity contribution in [2.45, 2.75) is 0 Å². The topological polar surface area (TPSA) is 56.7 Å². The van der Waals surface area contributed by atoms with Crippen LogP contribution in [0.25, 0.3) is 0 Å². The summed E-state index contributed by atoms with van der Waals surface area (Å²) in [5.74, 6) is -0.988. The van der Waals surface area contributed by atoms with E-state index < -0.39 is 5.97 Å². The van der Waals surface area contributed by atoms with Crippen molar-refractivity contribution < 1.29 is 9.90 Å². The molecule has 1 N–H and O–H groups in total. The van der Waals surface area contributed by atoms with Crippen molar-refractivity contribution in [3.05, 3.63) is 40.4 Å². The second-order valence-electron chi connectivity index (χ2n) is 4.73. The van der Waals surface area contributed by atoms with Gasteiger partial charge in [0.05, 0.1) is 10.7 Å². The van der Waals surface area contributed by atoms with Crippen LogP contribution in [0.15, 0.2) is 29.8 Å². The number of aromatic carboxylic acids is 1. The molecule has 0 spiro atoms. The van der Waals surface area contributed by atoms with Gasteiger partial charge in [0.2, 0.25) is 0 Å². The molecule has 0 bridgehead atoms. The molecule has 0 unspecified atom stereocenters. The number of rotatable bonds is 3. The Bertz CT molecular complexity index is 640. The summed E-state index contributed by atoms with van der Waals surface area (Å²) in [6.07, 6.45) is 1.80. The summed E-state index contributed by atoms with van der Waals surface area (Å²) in [5.41, 5.74) is 0.871. The van der Waals surface area contributed by atoms with Crippen LogP contribution in [0.2, 0.25) is 5.02 Å². The molecule has 110 valence electrons. The first-order valence-corrected chi connectivity index (χ1v) is 7.84. The number of carboxylic acid groups (broad SMARTS) is 1. The molecule has 1 aromatic heterocycles. The van der Waals surface area contributed by atoms with Crippen LogP contribution < -0.4 is 9.80 Å². The van der Waals surface area contributed by atoms with Gasteiger partial charge in [-0.25, -0.2) is 9.78 Å². The summed E-state index contributed by atoms with van der Waals surface area (Å²) >= 11 is 7.65. The molecule has 3 rings (SSSR count). The molecular formula is C14H14ClN3O2S. The summed E-state index contributed by atoms with van der Waals surface area (Å²) in [4.78, 5) is 20.0. The van der Waals surface area contributed by atoms with Crippen molar-refractivity contribution in [2.24, 2.45) is 0 Å². The van der Waals surface area contributed by atoms with E-state index in [0.29, 0.717) is 5.69 Å². The van der Waals surface area contributed by atoms with E-state index in [4.69, 9.17) is 11.6 Å². The van der Waals surface area contributed by atoms with E-state index in [9.17, 15) is 9.90 Å². The lowest BCUT2D eigenvalue weighted by molar-refractivity contribution is 0.0697. The van der Waals surface area contributed by atoms with Crippen LogP contribution in [-0.4, -0.2) is 42.2 Å². The van der Waals surface area contributed by atoms with Gasteiger partial charge in [-0.05, 0) is 12.1 Å². The fraction of sp³-hybridized carbons (Fsp3) is 0.286. The van der Waals surface area contributed by atoms with Crippen LogP contribution in [0.3, 0.4) is 0 Å². The summed E-state index contributed by atoms with van der Waals surface area (Å²) < 4.78 is 0. The molecule has 0 amide bonds. The van der Waals surface area contributed by atoms with Crippen LogP contribution in [-0.2, 0) is 0 Å². The number of carboxylic acids is 1. The zero-order valence-corrected chi connectivity index (χ0v) is 12.8. The molecular weight excluding hydrogens is 310 g/mol. The van der Waals surface area contributed by atoms with Crippen LogP contribution >= 0.6 is 22.9 Å². The third-order valence-electron chi connectivity index (χ3n) is 3.52. The van der Waals surface area contributed by atoms with Crippen molar-refractivity contribution in [1.82, 2.24) is 4.98 Å². The lowest BCUT2D eigenvalue weighted by Crippen LogP contribution is -2.47. The highest BCUT2D eigenvalue weighted by molar-refractivity contribution is 7.13. The van der Waals surface area contributed by atoms with Crippen molar-refractivity contribution in [3.8, 4) is 0 Å². The van der Waals surface area contributed by atoms with E-state index in [0.717, 1.165) is 31.3 Å². The number of piperazine rings is 1. The zero-order valence-electron chi connectivity index (χ0n) is 11.2. The van der Waals surface area contributed by atoms with Crippen molar-refractivity contribution in [1.29, 1.82) is 0 Å². The van der Waals surface area contributed by atoms with E-state index >= 15 is 0 Å². The number of aromatic nitrogens is 1. The lowest BCUT2D eigenvalue weighted by Gasteiger charge is -2.36. The van der Waals surface area contributed by atoms with E-state index in [1.165, 1.54) is 0 Å². The molecule has 21 heavy (non-hydrogen) atoms. The van der Waals surface area contributed by atoms with Crippen LogP contribution in [0, 0.1) is 0 Å². The average Bonchev–Trinajstić information content (AvgIpc) is 3.01. The highest BCUT2D eigenvalue weighted by Crippen LogP contribution is 2.29. The second kappa shape index (κ2) is 5.91. The standard InChI is InChI=1S/C14H14ClN3O2S/c15-10-2-1-3-11(12(10)13(19)20)17-5-7-18(8-6-17)14-16-4-9-21-14/h1-4,9H,5-8H2,(H,19,20). The van der Waals surface area contributed by atoms with Gasteiger partial charge in [-0.15, -0.1) is 11.3 Å². The summed E-state index contributed by atoms with van der Waals surface area (Å²) in [5, 5.41) is 12.6. The van der Waals surface area contributed by atoms with Crippen LogP contribution in [0.1, 0.15) is 10.4 Å². The Kier molecular flexibility index (Phi) is 3.98. The maximum Gasteiger partial charge on any atom is 0.339 e. The molecule has 2 heterocycles. The smallest absolute Gasteiger partial charge is 0.339 e. The molecule has 1 aliphatic rings. The molecule has 0 radical (unpaired) electrons. The van der Waals surface area contributed by atoms with Gasteiger partial charge >= 0.3 is 5.97 Å². The Labute approximate surface area is 131 Å². The minimum Gasteiger partial charge on any atom is -0.478 e. The predicted octanol–water partition coefficient (Wildman–Crippen LogP) is 2.82. The van der Waals surface area contributed by atoms with Gasteiger partial charge in [0, 0.05) is 37.8 Å². The molecule has 2 aromatic rings. The van der Waals surface area contributed by atoms with Crippen molar-refractivity contribution in [2.75, 3.05) is 36.0 Å². The largest absolute Gasteiger partial charge is 0.478 e. The number of nitrogens with zero attached hydrogens (tertiary/aromatic N) is 3. The van der Waals surface area contributed by atoms with E-state index in [2.05, 4.69) is 14.8 Å².